The van der Waals surface area contributed by atoms with Crippen molar-refractivity contribution in [3.63, 3.8) is 0 Å². The van der Waals surface area contributed by atoms with E-state index in [9.17, 15) is 17.5 Å². The van der Waals surface area contributed by atoms with Gasteiger partial charge in [-0.3, -0.25) is 13.7 Å². The molecule has 10 heteroatoms. The summed E-state index contributed by atoms with van der Waals surface area (Å²) >= 11 is -5.26. The minimum Gasteiger partial charge on any atom is -0.771 e. The van der Waals surface area contributed by atoms with Gasteiger partial charge in [0.05, 0.1) is 5.37 Å². The number of hydrogen-bond donors (Lipinski definition) is 2. The molecule has 0 spiro atoms. The van der Waals surface area contributed by atoms with Crippen molar-refractivity contribution in [3.05, 3.63) is 0 Å². The Kier molecular flexibility index (Phi) is 14.1. The van der Waals surface area contributed by atoms with Crippen molar-refractivity contribution in [3.8, 4) is 0 Å². The van der Waals surface area contributed by atoms with Crippen molar-refractivity contribution < 1.29 is 81.7 Å². The smallest absolute Gasteiger partial charge is 0.771 e. The van der Waals surface area contributed by atoms with E-state index >= 15 is 0 Å². The van der Waals surface area contributed by atoms with Crippen LogP contribution < -0.4 is 64.4 Å². The molecule has 0 aromatic carbocycles. The van der Waals surface area contributed by atoms with Crippen molar-refractivity contribution in [2.24, 2.45) is 0 Å². The van der Waals surface area contributed by atoms with E-state index in [-0.39, 0.29) is 59.1 Å². The standard InChI is InChI=1S/C4H11NO5S2.2Na/c1-3(11(7)8)5-4(2,6)12(9)10;;/h3,5-6H,1-2H3,(H,7,8)(H,9,10);;/q;2*+1/p-2. The van der Waals surface area contributed by atoms with Crippen molar-refractivity contribution in [1.29, 1.82) is 0 Å². The number of aliphatic hydroxyl groups is 1. The fourth-order valence-electron chi connectivity index (χ4n) is 0.473. The molecule has 0 saturated carbocycles. The van der Waals surface area contributed by atoms with Gasteiger partial charge >= 0.3 is 59.1 Å². The minimum absolute atomic E-state index is 0. The zero-order valence-electron chi connectivity index (χ0n) is 8.47. The Labute approximate surface area is 132 Å². The summed E-state index contributed by atoms with van der Waals surface area (Å²) in [6.45, 7) is 2.16. The second-order valence-corrected chi connectivity index (χ2v) is 4.76. The summed E-state index contributed by atoms with van der Waals surface area (Å²) in [6.07, 6.45) is 0. The van der Waals surface area contributed by atoms with E-state index in [1.54, 1.807) is 0 Å². The van der Waals surface area contributed by atoms with Gasteiger partial charge in [0.15, 0.2) is 5.06 Å². The van der Waals surface area contributed by atoms with Crippen LogP contribution in [0.5, 0.6) is 0 Å². The first-order valence-electron chi connectivity index (χ1n) is 2.95. The molecular formula is C4H9NNa2O5S2. The van der Waals surface area contributed by atoms with Gasteiger partial charge in [0.1, 0.15) is 0 Å². The van der Waals surface area contributed by atoms with Crippen LogP contribution in [0, 0.1) is 0 Å². The number of hydrogen-bond acceptors (Lipinski definition) is 6. The third kappa shape index (κ3) is 8.31. The monoisotopic (exact) mass is 261 g/mol. The second-order valence-electron chi connectivity index (χ2n) is 2.26. The second kappa shape index (κ2) is 9.20. The fourth-order valence-corrected chi connectivity index (χ4v) is 1.15. The Hall–Kier alpha value is 2.14. The van der Waals surface area contributed by atoms with Crippen LogP contribution in [0.1, 0.15) is 13.8 Å². The molecule has 0 fully saturated rings. The van der Waals surface area contributed by atoms with Crippen LogP contribution in [0.4, 0.5) is 0 Å². The first-order valence-corrected chi connectivity index (χ1v) is 5.16. The zero-order valence-corrected chi connectivity index (χ0v) is 14.1. The maximum Gasteiger partial charge on any atom is 1.00 e. The van der Waals surface area contributed by atoms with E-state index in [0.29, 0.717) is 0 Å². The Morgan fingerprint density at radius 1 is 1.36 bits per heavy atom. The maximum atomic E-state index is 10.3. The molecule has 74 valence electrons. The maximum absolute atomic E-state index is 10.3. The van der Waals surface area contributed by atoms with Crippen LogP contribution in [0.2, 0.25) is 0 Å². The van der Waals surface area contributed by atoms with Crippen LogP contribution in [0.3, 0.4) is 0 Å². The molecule has 4 atom stereocenters. The molecule has 4 unspecified atom stereocenters. The molecule has 0 heterocycles. The minimum atomic E-state index is -2.79. The Balaban J connectivity index is -0.000000605. The third-order valence-corrected chi connectivity index (χ3v) is 2.55. The van der Waals surface area contributed by atoms with Gasteiger partial charge in [0.25, 0.3) is 0 Å². The van der Waals surface area contributed by atoms with E-state index in [0.717, 1.165) is 6.92 Å². The summed E-state index contributed by atoms with van der Waals surface area (Å²) < 4.78 is 41.0. The summed E-state index contributed by atoms with van der Waals surface area (Å²) in [5.74, 6) is 0. The Morgan fingerprint density at radius 3 is 1.93 bits per heavy atom. The summed E-state index contributed by atoms with van der Waals surface area (Å²) in [6, 6.07) is 0. The molecule has 0 amide bonds. The predicted octanol–water partition coefficient (Wildman–Crippen LogP) is -7.65. The Bertz CT molecular complexity index is 214. The SMILES string of the molecule is CC(NC(C)(O)S(=O)[O-])S(=O)[O-].[Na+].[Na+]. The third-order valence-electron chi connectivity index (χ3n) is 1.08. The fraction of sp³-hybridized carbons (Fsp3) is 1.00. The molecule has 0 aliphatic carbocycles. The van der Waals surface area contributed by atoms with Gasteiger partial charge in [-0.2, -0.15) is 0 Å². The zero-order chi connectivity index (χ0) is 9.94. The molecule has 0 aromatic heterocycles. The van der Waals surface area contributed by atoms with E-state index in [2.05, 4.69) is 0 Å². The molecule has 0 saturated heterocycles. The topological polar surface area (TPSA) is 113 Å². The molecule has 0 rings (SSSR count). The molecule has 0 bridgehead atoms. The van der Waals surface area contributed by atoms with Gasteiger partial charge in [-0.25, -0.2) is 0 Å². The summed E-state index contributed by atoms with van der Waals surface area (Å²) in [7, 11) is 0. The largest absolute Gasteiger partial charge is 1.00 e. The number of nitrogens with one attached hydrogen (secondary N) is 1. The van der Waals surface area contributed by atoms with Crippen molar-refractivity contribution >= 4 is 22.2 Å². The van der Waals surface area contributed by atoms with Crippen molar-refractivity contribution in [2.45, 2.75) is 24.3 Å². The first kappa shape index (κ1) is 21.4. The molecular weight excluding hydrogens is 252 g/mol. The molecule has 0 aliphatic heterocycles. The Morgan fingerprint density at radius 2 is 1.71 bits per heavy atom. The van der Waals surface area contributed by atoms with Crippen LogP contribution in [0.15, 0.2) is 0 Å². The van der Waals surface area contributed by atoms with E-state index in [1.807, 2.05) is 5.32 Å². The average Bonchev–Trinajstić information content (AvgIpc) is 1.85. The van der Waals surface area contributed by atoms with Crippen molar-refractivity contribution in [2.75, 3.05) is 0 Å². The predicted molar refractivity (Wildman–Crippen MR) is 41.1 cm³/mol. The molecule has 6 nitrogen and oxygen atoms in total. The molecule has 14 heavy (non-hydrogen) atoms. The summed E-state index contributed by atoms with van der Waals surface area (Å²) in [5.41, 5.74) is 0. The van der Waals surface area contributed by atoms with Crippen molar-refractivity contribution in [1.82, 2.24) is 5.32 Å². The first-order chi connectivity index (χ1) is 5.27. The van der Waals surface area contributed by atoms with E-state index in [1.165, 1.54) is 6.92 Å². The summed E-state index contributed by atoms with van der Waals surface area (Å²) in [4.78, 5) is 0. The van der Waals surface area contributed by atoms with Gasteiger partial charge in [0.2, 0.25) is 0 Å². The van der Waals surface area contributed by atoms with Crippen LogP contribution in [0.25, 0.3) is 0 Å². The van der Waals surface area contributed by atoms with E-state index < -0.39 is 32.6 Å². The quantitative estimate of drug-likeness (QED) is 0.295. The number of rotatable bonds is 4. The average molecular weight is 261 g/mol. The molecule has 2 N–H and O–H groups in total. The van der Waals surface area contributed by atoms with Crippen LogP contribution in [-0.2, 0) is 22.2 Å². The molecule has 0 radical (unpaired) electrons. The van der Waals surface area contributed by atoms with Gasteiger partial charge in [-0.05, 0) is 36.0 Å². The van der Waals surface area contributed by atoms with Gasteiger partial charge in [-0.1, -0.05) is 0 Å². The molecule has 0 aliphatic rings. The van der Waals surface area contributed by atoms with Crippen LogP contribution >= 0.6 is 0 Å². The normalized spacial score (nSPS) is 20.6. The van der Waals surface area contributed by atoms with Crippen LogP contribution in [-0.4, -0.2) is 33.1 Å². The van der Waals surface area contributed by atoms with Gasteiger partial charge in [0, 0.05) is 0 Å². The molecule has 0 aromatic rings. The van der Waals surface area contributed by atoms with Gasteiger partial charge in [-0.15, -0.1) is 0 Å². The van der Waals surface area contributed by atoms with E-state index in [4.69, 9.17) is 5.11 Å². The summed E-state index contributed by atoms with van der Waals surface area (Å²) in [5, 5.41) is 7.65. The van der Waals surface area contributed by atoms with Gasteiger partial charge < -0.3 is 14.2 Å².